The van der Waals surface area contributed by atoms with Gasteiger partial charge < -0.3 is 20.4 Å². The van der Waals surface area contributed by atoms with Gasteiger partial charge >= 0.3 is 6.09 Å². The van der Waals surface area contributed by atoms with Gasteiger partial charge in [-0.1, -0.05) is 5.16 Å². The monoisotopic (exact) mass is 281 g/mol. The van der Waals surface area contributed by atoms with Gasteiger partial charge in [0.25, 0.3) is 0 Å². The Kier molecular flexibility index (Phi) is 5.19. The van der Waals surface area contributed by atoms with Crippen molar-refractivity contribution in [1.82, 2.24) is 0 Å². The van der Waals surface area contributed by atoms with E-state index in [1.807, 2.05) is 0 Å². The van der Waals surface area contributed by atoms with Crippen LogP contribution in [0.3, 0.4) is 0 Å². The average molecular weight is 281 g/mol. The summed E-state index contributed by atoms with van der Waals surface area (Å²) in [4.78, 5) is 11.5. The summed E-state index contributed by atoms with van der Waals surface area (Å²) in [7, 11) is 0. The number of nitrogens with zero attached hydrogens (tertiary/aromatic N) is 1. The third kappa shape index (κ3) is 5.94. The minimum atomic E-state index is -0.547. The van der Waals surface area contributed by atoms with E-state index in [-0.39, 0.29) is 12.4 Å². The van der Waals surface area contributed by atoms with Crippen LogP contribution in [0.2, 0.25) is 0 Å². The van der Waals surface area contributed by atoms with Gasteiger partial charge in [-0.15, -0.1) is 0 Å². The standard InChI is InChI=1S/C13H19N3O4/c1-13(2,3)20-12(17)15-9-4-6-10(7-5-9)19-8-11(14)16-18/h4-7,18H,8H2,1-3H3,(H2,14,16)(H,15,17). The van der Waals surface area contributed by atoms with Gasteiger partial charge in [0.05, 0.1) is 0 Å². The Morgan fingerprint density at radius 2 is 1.95 bits per heavy atom. The Balaban J connectivity index is 2.52. The average Bonchev–Trinajstić information content (AvgIpc) is 2.35. The van der Waals surface area contributed by atoms with E-state index in [4.69, 9.17) is 20.4 Å². The predicted molar refractivity (Wildman–Crippen MR) is 75.2 cm³/mol. The number of nitrogens with one attached hydrogen (secondary N) is 1. The molecular formula is C13H19N3O4. The molecule has 110 valence electrons. The highest BCUT2D eigenvalue weighted by atomic mass is 16.6. The lowest BCUT2D eigenvalue weighted by molar-refractivity contribution is 0.0636. The van der Waals surface area contributed by atoms with Gasteiger partial charge in [-0.05, 0) is 45.0 Å². The van der Waals surface area contributed by atoms with Crippen LogP contribution >= 0.6 is 0 Å². The number of amidine groups is 1. The van der Waals surface area contributed by atoms with Crippen molar-refractivity contribution in [2.45, 2.75) is 26.4 Å². The summed E-state index contributed by atoms with van der Waals surface area (Å²) in [5, 5.41) is 13.8. The molecule has 0 atom stereocenters. The van der Waals surface area contributed by atoms with Gasteiger partial charge in [-0.2, -0.15) is 0 Å². The SMILES string of the molecule is CC(C)(C)OC(=O)Nc1ccc(OCC(N)=NO)cc1. The number of oxime groups is 1. The molecule has 20 heavy (non-hydrogen) atoms. The zero-order valence-electron chi connectivity index (χ0n) is 11.7. The van der Waals surface area contributed by atoms with Crippen molar-refractivity contribution < 1.29 is 19.5 Å². The van der Waals surface area contributed by atoms with Crippen molar-refractivity contribution >= 4 is 17.6 Å². The summed E-state index contributed by atoms with van der Waals surface area (Å²) in [5.74, 6) is 0.507. The van der Waals surface area contributed by atoms with Crippen molar-refractivity contribution in [2.24, 2.45) is 10.9 Å². The molecule has 0 aliphatic heterocycles. The minimum absolute atomic E-state index is 0.0185. The maximum atomic E-state index is 11.5. The number of amides is 1. The Labute approximate surface area is 117 Å². The van der Waals surface area contributed by atoms with Crippen LogP contribution in [0, 0.1) is 0 Å². The number of carbonyl (C=O) groups is 1. The smallest absolute Gasteiger partial charge is 0.412 e. The molecule has 0 radical (unpaired) electrons. The summed E-state index contributed by atoms with van der Waals surface area (Å²) < 4.78 is 10.4. The molecule has 7 heteroatoms. The summed E-state index contributed by atoms with van der Waals surface area (Å²) >= 11 is 0. The Hall–Kier alpha value is -2.44. The summed E-state index contributed by atoms with van der Waals surface area (Å²) in [6, 6.07) is 6.62. The molecule has 1 aromatic rings. The molecule has 0 aromatic heterocycles. The minimum Gasteiger partial charge on any atom is -0.486 e. The van der Waals surface area contributed by atoms with Gasteiger partial charge in [0, 0.05) is 5.69 Å². The number of hydrogen-bond acceptors (Lipinski definition) is 5. The molecule has 1 aromatic carbocycles. The van der Waals surface area contributed by atoms with E-state index in [1.54, 1.807) is 45.0 Å². The third-order valence-electron chi connectivity index (χ3n) is 2.01. The number of rotatable bonds is 4. The van der Waals surface area contributed by atoms with Crippen molar-refractivity contribution in [1.29, 1.82) is 0 Å². The van der Waals surface area contributed by atoms with Crippen LogP contribution in [0.5, 0.6) is 5.75 Å². The molecule has 7 nitrogen and oxygen atoms in total. The van der Waals surface area contributed by atoms with Crippen LogP contribution in [0.1, 0.15) is 20.8 Å². The number of carbonyl (C=O) groups excluding carboxylic acids is 1. The topological polar surface area (TPSA) is 106 Å². The quantitative estimate of drug-likeness (QED) is 0.339. The highest BCUT2D eigenvalue weighted by molar-refractivity contribution is 5.85. The second-order valence-electron chi connectivity index (χ2n) is 5.03. The highest BCUT2D eigenvalue weighted by Gasteiger charge is 2.16. The van der Waals surface area contributed by atoms with E-state index in [2.05, 4.69) is 10.5 Å². The number of ether oxygens (including phenoxy) is 2. The van der Waals surface area contributed by atoms with Gasteiger partial charge in [-0.25, -0.2) is 4.79 Å². The Morgan fingerprint density at radius 3 is 2.45 bits per heavy atom. The molecule has 0 heterocycles. The zero-order chi connectivity index (χ0) is 15.2. The highest BCUT2D eigenvalue weighted by Crippen LogP contribution is 2.16. The molecule has 0 unspecified atom stereocenters. The molecule has 0 fully saturated rings. The maximum absolute atomic E-state index is 11.5. The maximum Gasteiger partial charge on any atom is 0.412 e. The van der Waals surface area contributed by atoms with Gasteiger partial charge in [-0.3, -0.25) is 5.32 Å². The number of hydrogen-bond donors (Lipinski definition) is 3. The van der Waals surface area contributed by atoms with E-state index < -0.39 is 11.7 Å². The molecule has 1 rings (SSSR count). The first kappa shape index (κ1) is 15.6. The van der Waals surface area contributed by atoms with Gasteiger partial charge in [0.2, 0.25) is 0 Å². The Morgan fingerprint density at radius 1 is 1.35 bits per heavy atom. The lowest BCUT2D eigenvalue weighted by Gasteiger charge is -2.19. The molecule has 0 saturated heterocycles. The number of anilines is 1. The van der Waals surface area contributed by atoms with Crippen LogP contribution in [-0.2, 0) is 4.74 Å². The fraction of sp³-hybridized carbons (Fsp3) is 0.385. The van der Waals surface area contributed by atoms with Gasteiger partial charge in [0.1, 0.15) is 18.0 Å². The molecule has 1 amide bonds. The first-order chi connectivity index (χ1) is 9.30. The third-order valence-corrected chi connectivity index (χ3v) is 2.01. The van der Waals surface area contributed by atoms with Crippen LogP contribution < -0.4 is 15.8 Å². The van der Waals surface area contributed by atoms with Crippen molar-refractivity contribution in [2.75, 3.05) is 11.9 Å². The number of nitrogens with two attached hydrogens (primary N) is 1. The predicted octanol–water partition coefficient (Wildman–Crippen LogP) is 2.16. The van der Waals surface area contributed by atoms with E-state index in [1.165, 1.54) is 0 Å². The van der Waals surface area contributed by atoms with Crippen molar-refractivity contribution in [3.63, 3.8) is 0 Å². The normalized spacial score (nSPS) is 11.8. The van der Waals surface area contributed by atoms with E-state index in [0.29, 0.717) is 11.4 Å². The first-order valence-electron chi connectivity index (χ1n) is 5.99. The molecule has 0 bridgehead atoms. The largest absolute Gasteiger partial charge is 0.486 e. The fourth-order valence-electron chi connectivity index (χ4n) is 1.24. The van der Waals surface area contributed by atoms with Crippen molar-refractivity contribution in [3.05, 3.63) is 24.3 Å². The zero-order valence-corrected chi connectivity index (χ0v) is 11.7. The fourth-order valence-corrected chi connectivity index (χ4v) is 1.24. The van der Waals surface area contributed by atoms with Crippen LogP contribution in [0.15, 0.2) is 29.4 Å². The summed E-state index contributed by atoms with van der Waals surface area (Å²) in [5.41, 5.74) is 5.31. The van der Waals surface area contributed by atoms with E-state index in [0.717, 1.165) is 0 Å². The van der Waals surface area contributed by atoms with Crippen molar-refractivity contribution in [3.8, 4) is 5.75 Å². The van der Waals surface area contributed by atoms with Crippen LogP contribution in [0.25, 0.3) is 0 Å². The molecular weight excluding hydrogens is 262 g/mol. The lowest BCUT2D eigenvalue weighted by atomic mass is 10.2. The molecule has 0 spiro atoms. The van der Waals surface area contributed by atoms with E-state index in [9.17, 15) is 4.79 Å². The molecule has 0 saturated carbocycles. The Bertz CT molecular complexity index is 477. The first-order valence-corrected chi connectivity index (χ1v) is 5.99. The molecule has 0 aliphatic rings. The summed E-state index contributed by atoms with van der Waals surface area (Å²) in [6.07, 6.45) is -0.525. The number of benzene rings is 1. The molecule has 0 aliphatic carbocycles. The van der Waals surface area contributed by atoms with Crippen LogP contribution in [0.4, 0.5) is 10.5 Å². The second-order valence-corrected chi connectivity index (χ2v) is 5.03. The molecule has 4 N–H and O–H groups in total. The second kappa shape index (κ2) is 6.65. The van der Waals surface area contributed by atoms with Gasteiger partial charge in [0.15, 0.2) is 5.84 Å². The summed E-state index contributed by atoms with van der Waals surface area (Å²) in [6.45, 7) is 5.35. The lowest BCUT2D eigenvalue weighted by Crippen LogP contribution is -2.27. The van der Waals surface area contributed by atoms with E-state index >= 15 is 0 Å². The van der Waals surface area contributed by atoms with Crippen LogP contribution in [-0.4, -0.2) is 29.3 Å².